The number of likely N-dealkylation sites (N-methyl/N-ethyl adjacent to an activating group) is 1. The van der Waals surface area contributed by atoms with Gasteiger partial charge >= 0.3 is 6.09 Å². The zero-order chi connectivity index (χ0) is 11.2. The van der Waals surface area contributed by atoms with Crippen LogP contribution < -0.4 is 0 Å². The molecule has 0 aliphatic carbocycles. The van der Waals surface area contributed by atoms with Gasteiger partial charge in [-0.3, -0.25) is 4.90 Å². The van der Waals surface area contributed by atoms with Crippen molar-refractivity contribution in [1.82, 2.24) is 9.80 Å². The van der Waals surface area contributed by atoms with Gasteiger partial charge in [0.15, 0.2) is 5.56 Å². The summed E-state index contributed by atoms with van der Waals surface area (Å²) in [4.78, 5) is 14.2. The number of nitrogens with zero attached hydrogens (tertiary/aromatic N) is 2. The molecule has 0 aromatic rings. The van der Waals surface area contributed by atoms with E-state index in [2.05, 4.69) is 0 Å². The largest absolute Gasteiger partial charge is 0.465 e. The second-order valence-electron chi connectivity index (χ2n) is 3.54. The summed E-state index contributed by atoms with van der Waals surface area (Å²) in [7, 11) is 1.68. The van der Waals surface area contributed by atoms with Gasteiger partial charge in [-0.25, -0.2) is 4.79 Å². The fourth-order valence-electron chi connectivity index (χ4n) is 1.71. The van der Waals surface area contributed by atoms with Gasteiger partial charge in [-0.05, 0) is 0 Å². The van der Waals surface area contributed by atoms with Crippen molar-refractivity contribution >= 4 is 17.9 Å². The van der Waals surface area contributed by atoms with E-state index in [1.54, 1.807) is 11.9 Å². The van der Waals surface area contributed by atoms with Crippen molar-refractivity contribution < 1.29 is 20.1 Å². The van der Waals surface area contributed by atoms with Gasteiger partial charge in [-0.2, -0.15) is 0 Å². The normalized spacial score (nSPS) is 30.9. The third kappa shape index (κ3) is 1.66. The van der Waals surface area contributed by atoms with Crippen LogP contribution in [0.1, 0.15) is 0 Å². The first-order valence-electron chi connectivity index (χ1n) is 4.47. The summed E-state index contributed by atoms with van der Waals surface area (Å²) in [5.41, 5.74) is -0.0351. The lowest BCUT2D eigenvalue weighted by Gasteiger charge is -2.30. The van der Waals surface area contributed by atoms with Crippen molar-refractivity contribution in [3.8, 4) is 0 Å². The van der Waals surface area contributed by atoms with Gasteiger partial charge in [-0.1, -0.05) is 11.8 Å². The molecule has 0 spiro atoms. The number of amides is 1. The van der Waals surface area contributed by atoms with Crippen LogP contribution >= 0.6 is 11.8 Å². The van der Waals surface area contributed by atoms with Crippen LogP contribution in [0.3, 0.4) is 0 Å². The molecule has 15 heavy (non-hydrogen) atoms. The Kier molecular flexibility index (Phi) is 2.53. The Hall–Kier alpha value is -0.920. The van der Waals surface area contributed by atoms with E-state index in [1.165, 1.54) is 11.8 Å². The summed E-state index contributed by atoms with van der Waals surface area (Å²) in [5.74, 6) is 0. The number of aliphatic hydroxyl groups is 2. The van der Waals surface area contributed by atoms with Crippen molar-refractivity contribution in [3.63, 3.8) is 0 Å². The minimum Gasteiger partial charge on any atom is -0.465 e. The molecule has 0 saturated heterocycles. The molecule has 2 atom stereocenters. The smallest absolute Gasteiger partial charge is 0.407 e. The molecule has 6 nitrogen and oxygen atoms in total. The monoisotopic (exact) mass is 232 g/mol. The predicted molar refractivity (Wildman–Crippen MR) is 54.0 cm³/mol. The van der Waals surface area contributed by atoms with Crippen molar-refractivity contribution in [2.75, 3.05) is 20.1 Å². The number of hydrogen-bond acceptors (Lipinski definition) is 5. The number of carbonyl (C=O) groups is 1. The molecule has 0 aromatic heterocycles. The minimum absolute atomic E-state index is 0.0712. The molecule has 2 heterocycles. The third-order valence-electron chi connectivity index (χ3n) is 2.58. The maximum atomic E-state index is 10.8. The SMILES string of the molecule is CN1C2=C(SC1O)C(O)CN(C(=O)O)C2. The molecule has 2 unspecified atom stereocenters. The number of aliphatic hydroxyl groups excluding tert-OH is 2. The van der Waals surface area contributed by atoms with Gasteiger partial charge in [0.25, 0.3) is 0 Å². The van der Waals surface area contributed by atoms with E-state index in [4.69, 9.17) is 5.11 Å². The molecule has 0 saturated carbocycles. The molecule has 0 bridgehead atoms. The minimum atomic E-state index is -1.06. The Morgan fingerprint density at radius 1 is 1.53 bits per heavy atom. The molecule has 2 aliphatic rings. The summed E-state index contributed by atoms with van der Waals surface area (Å²) in [6.07, 6.45) is -1.88. The van der Waals surface area contributed by atoms with Gasteiger partial charge in [0.2, 0.25) is 0 Å². The van der Waals surface area contributed by atoms with Crippen LogP contribution in [0, 0.1) is 0 Å². The number of β-amino-alcohol motifs (C(OH)–C–C–N with tert-alkyl or cyclic N) is 1. The number of hydrogen-bond donors (Lipinski definition) is 3. The summed E-state index contributed by atoms with van der Waals surface area (Å²) in [6, 6.07) is 0. The first-order chi connectivity index (χ1) is 7.00. The van der Waals surface area contributed by atoms with Crippen LogP contribution in [-0.4, -0.2) is 63.0 Å². The van der Waals surface area contributed by atoms with Crippen molar-refractivity contribution in [2.24, 2.45) is 0 Å². The van der Waals surface area contributed by atoms with Gasteiger partial charge < -0.3 is 20.2 Å². The van der Waals surface area contributed by atoms with E-state index in [0.29, 0.717) is 10.6 Å². The lowest BCUT2D eigenvalue weighted by Crippen LogP contribution is -2.44. The fraction of sp³-hybridized carbons (Fsp3) is 0.625. The maximum absolute atomic E-state index is 10.8. The maximum Gasteiger partial charge on any atom is 0.407 e. The molecule has 84 valence electrons. The third-order valence-corrected chi connectivity index (χ3v) is 3.87. The Morgan fingerprint density at radius 3 is 2.80 bits per heavy atom. The average molecular weight is 232 g/mol. The lowest BCUT2D eigenvalue weighted by molar-refractivity contribution is 0.0903. The highest BCUT2D eigenvalue weighted by atomic mass is 32.2. The van der Waals surface area contributed by atoms with E-state index in [1.807, 2.05) is 0 Å². The van der Waals surface area contributed by atoms with Crippen LogP contribution in [-0.2, 0) is 0 Å². The molecule has 0 fully saturated rings. The number of rotatable bonds is 0. The summed E-state index contributed by atoms with van der Waals surface area (Å²) in [6.45, 7) is 0.296. The molecule has 3 N–H and O–H groups in total. The van der Waals surface area contributed by atoms with Crippen LogP contribution in [0.15, 0.2) is 10.6 Å². The fourth-order valence-corrected chi connectivity index (χ4v) is 2.80. The van der Waals surface area contributed by atoms with Gasteiger partial charge in [-0.15, -0.1) is 0 Å². The Morgan fingerprint density at radius 2 is 2.20 bits per heavy atom. The first-order valence-corrected chi connectivity index (χ1v) is 5.35. The van der Waals surface area contributed by atoms with Gasteiger partial charge in [0.1, 0.15) is 6.10 Å². The standard InChI is InChI=1S/C8H12N2O4S/c1-9-4-2-10(7(12)13)3-5(11)6(4)15-8(9)14/h5,8,11,14H,2-3H2,1H3,(H,12,13). The second kappa shape index (κ2) is 3.58. The number of carboxylic acid groups (broad SMARTS) is 1. The van der Waals surface area contributed by atoms with Crippen molar-refractivity contribution in [1.29, 1.82) is 0 Å². The average Bonchev–Trinajstić information content (AvgIpc) is 2.45. The van der Waals surface area contributed by atoms with E-state index < -0.39 is 17.8 Å². The van der Waals surface area contributed by atoms with E-state index >= 15 is 0 Å². The second-order valence-corrected chi connectivity index (χ2v) is 4.64. The summed E-state index contributed by atoms with van der Waals surface area (Å²) < 4.78 is 0. The van der Waals surface area contributed by atoms with Crippen LogP contribution in [0.25, 0.3) is 0 Å². The number of thioether (sulfide) groups is 1. The van der Waals surface area contributed by atoms with E-state index in [-0.39, 0.29) is 13.1 Å². The molecular formula is C8H12N2O4S. The van der Waals surface area contributed by atoms with E-state index in [0.717, 1.165) is 4.90 Å². The van der Waals surface area contributed by atoms with Crippen LogP contribution in [0.4, 0.5) is 4.79 Å². The van der Waals surface area contributed by atoms with Gasteiger partial charge in [0.05, 0.1) is 13.1 Å². The Bertz CT molecular complexity index is 333. The molecule has 2 aliphatic heterocycles. The lowest BCUT2D eigenvalue weighted by atomic mass is 10.1. The Labute approximate surface area is 90.8 Å². The van der Waals surface area contributed by atoms with Crippen molar-refractivity contribution in [3.05, 3.63) is 10.6 Å². The predicted octanol–water partition coefficient (Wildman–Crippen LogP) is -0.493. The zero-order valence-corrected chi connectivity index (χ0v) is 8.94. The molecule has 1 amide bonds. The van der Waals surface area contributed by atoms with Crippen molar-refractivity contribution in [2.45, 2.75) is 11.7 Å². The summed E-state index contributed by atoms with van der Waals surface area (Å²) in [5, 5.41) is 28.1. The molecule has 0 aromatic carbocycles. The topological polar surface area (TPSA) is 84.2 Å². The zero-order valence-electron chi connectivity index (χ0n) is 8.12. The quantitative estimate of drug-likeness (QED) is 0.522. The first kappa shape index (κ1) is 10.6. The molecule has 0 radical (unpaired) electrons. The molecule has 2 rings (SSSR count). The Balaban J connectivity index is 2.24. The van der Waals surface area contributed by atoms with E-state index in [9.17, 15) is 15.0 Å². The van der Waals surface area contributed by atoms with Gasteiger partial charge in [0, 0.05) is 17.6 Å². The highest BCUT2D eigenvalue weighted by molar-refractivity contribution is 8.03. The molecular weight excluding hydrogens is 220 g/mol. The van der Waals surface area contributed by atoms with Crippen LogP contribution in [0.5, 0.6) is 0 Å². The molecule has 7 heteroatoms. The highest BCUT2D eigenvalue weighted by Gasteiger charge is 2.38. The van der Waals surface area contributed by atoms with Crippen LogP contribution in [0.2, 0.25) is 0 Å². The highest BCUT2D eigenvalue weighted by Crippen LogP contribution is 2.40. The summed E-state index contributed by atoms with van der Waals surface area (Å²) >= 11 is 1.17.